The first-order chi connectivity index (χ1) is 8.78. The maximum atomic E-state index is 12.0. The van der Waals surface area contributed by atoms with Crippen molar-refractivity contribution in [2.24, 2.45) is 5.92 Å². The molecule has 0 radical (unpaired) electrons. The number of carbonyl (C=O) groups excluding carboxylic acids is 1. The number of hydrogen-bond donors (Lipinski definition) is 1. The molecule has 2 aliphatic rings. The second-order valence-corrected chi connectivity index (χ2v) is 5.78. The van der Waals surface area contributed by atoms with Gasteiger partial charge in [0.05, 0.1) is 0 Å². The summed E-state index contributed by atoms with van der Waals surface area (Å²) in [5, 5.41) is 0. The van der Waals surface area contributed by atoms with E-state index in [1.54, 1.807) is 0 Å². The Morgan fingerprint density at radius 1 is 1.22 bits per heavy atom. The summed E-state index contributed by atoms with van der Waals surface area (Å²) in [5.41, 5.74) is 4.01. The molecule has 3 rings (SSSR count). The molecule has 18 heavy (non-hydrogen) atoms. The number of nitrogens with zero attached hydrogens (tertiary/aromatic N) is 1. The van der Waals surface area contributed by atoms with Gasteiger partial charge in [0.1, 0.15) is 0 Å². The maximum absolute atomic E-state index is 12.0. The van der Waals surface area contributed by atoms with Crippen LogP contribution in [-0.2, 0) is 17.6 Å². The van der Waals surface area contributed by atoms with Crippen LogP contribution in [0.2, 0.25) is 0 Å². The molecule has 0 bridgehead atoms. The van der Waals surface area contributed by atoms with Crippen LogP contribution in [0.4, 0.5) is 5.69 Å². The predicted molar refractivity (Wildman–Crippen MR) is 77.4 cm³/mol. The Morgan fingerprint density at radius 3 is 2.72 bits per heavy atom. The van der Waals surface area contributed by atoms with E-state index in [4.69, 9.17) is 0 Å². The fourth-order valence-corrected chi connectivity index (χ4v) is 3.29. The Balaban J connectivity index is 1.86. The van der Waals surface area contributed by atoms with Crippen LogP contribution in [0.3, 0.4) is 0 Å². The van der Waals surface area contributed by atoms with Crippen molar-refractivity contribution in [2.75, 3.05) is 17.2 Å². The molecule has 1 aromatic carbocycles. The molecule has 1 unspecified atom stereocenters. The molecule has 1 aliphatic carbocycles. The molecule has 2 nitrogen and oxygen atoms in total. The molecule has 1 aliphatic heterocycles. The summed E-state index contributed by atoms with van der Waals surface area (Å²) in [6.07, 6.45) is 5.60. The number of rotatable bonds is 2. The van der Waals surface area contributed by atoms with Crippen LogP contribution in [0.25, 0.3) is 0 Å². The van der Waals surface area contributed by atoms with Gasteiger partial charge >= 0.3 is 0 Å². The zero-order valence-electron chi connectivity index (χ0n) is 10.6. The second kappa shape index (κ2) is 4.96. The van der Waals surface area contributed by atoms with Crippen molar-refractivity contribution in [1.29, 1.82) is 0 Å². The van der Waals surface area contributed by atoms with E-state index in [1.807, 2.05) is 4.90 Å². The van der Waals surface area contributed by atoms with Crippen molar-refractivity contribution in [3.63, 3.8) is 0 Å². The smallest absolute Gasteiger partial charge is 0.227 e. The van der Waals surface area contributed by atoms with Gasteiger partial charge in [0, 0.05) is 18.7 Å². The van der Waals surface area contributed by atoms with Crippen LogP contribution >= 0.6 is 12.6 Å². The zero-order chi connectivity index (χ0) is 12.5. The third-order valence-electron chi connectivity index (χ3n) is 4.11. The first-order valence-electron chi connectivity index (χ1n) is 6.81. The van der Waals surface area contributed by atoms with Crippen molar-refractivity contribution in [2.45, 2.75) is 32.1 Å². The highest BCUT2D eigenvalue weighted by Gasteiger charge is 2.29. The predicted octanol–water partition coefficient (Wildman–Crippen LogP) is 2.85. The van der Waals surface area contributed by atoms with Crippen molar-refractivity contribution < 1.29 is 4.79 Å². The molecule has 1 saturated heterocycles. The SMILES string of the molecule is O=C1CC(CS)CN1c1ccc2c(c1)CCCC2. The van der Waals surface area contributed by atoms with Gasteiger partial charge in [-0.3, -0.25) is 4.79 Å². The molecular weight excluding hydrogens is 242 g/mol. The van der Waals surface area contributed by atoms with Gasteiger partial charge in [0.25, 0.3) is 0 Å². The molecule has 0 saturated carbocycles. The number of thiol groups is 1. The van der Waals surface area contributed by atoms with E-state index in [2.05, 4.69) is 30.8 Å². The quantitative estimate of drug-likeness (QED) is 0.812. The van der Waals surface area contributed by atoms with E-state index < -0.39 is 0 Å². The number of aryl methyl sites for hydroxylation is 2. The van der Waals surface area contributed by atoms with Crippen molar-refractivity contribution in [3.05, 3.63) is 29.3 Å². The maximum Gasteiger partial charge on any atom is 0.227 e. The lowest BCUT2D eigenvalue weighted by atomic mass is 9.91. The lowest BCUT2D eigenvalue weighted by molar-refractivity contribution is -0.117. The standard InChI is InChI=1S/C15H19NOS/c17-15-7-11(10-18)9-16(15)14-6-5-12-3-1-2-4-13(12)8-14/h5-6,8,11,18H,1-4,7,9-10H2. The molecule has 0 aromatic heterocycles. The normalized spacial score (nSPS) is 23.3. The van der Waals surface area contributed by atoms with Crippen LogP contribution in [0.15, 0.2) is 18.2 Å². The molecule has 96 valence electrons. The second-order valence-electron chi connectivity index (χ2n) is 5.42. The highest BCUT2D eigenvalue weighted by Crippen LogP contribution is 2.30. The van der Waals surface area contributed by atoms with Crippen molar-refractivity contribution in [1.82, 2.24) is 0 Å². The molecule has 3 heteroatoms. The first-order valence-corrected chi connectivity index (χ1v) is 7.44. The summed E-state index contributed by atoms with van der Waals surface area (Å²) in [6, 6.07) is 6.56. The van der Waals surface area contributed by atoms with E-state index >= 15 is 0 Å². The van der Waals surface area contributed by atoms with Gasteiger partial charge < -0.3 is 4.90 Å². The zero-order valence-corrected chi connectivity index (χ0v) is 11.5. The van der Waals surface area contributed by atoms with Crippen molar-refractivity contribution >= 4 is 24.2 Å². The van der Waals surface area contributed by atoms with Crippen LogP contribution in [-0.4, -0.2) is 18.2 Å². The summed E-state index contributed by atoms with van der Waals surface area (Å²) >= 11 is 4.31. The monoisotopic (exact) mass is 261 g/mol. The van der Waals surface area contributed by atoms with Gasteiger partial charge in [-0.2, -0.15) is 12.6 Å². The van der Waals surface area contributed by atoms with Crippen LogP contribution in [0.1, 0.15) is 30.4 Å². The van der Waals surface area contributed by atoms with Crippen LogP contribution < -0.4 is 4.90 Å². The summed E-state index contributed by atoms with van der Waals surface area (Å²) in [7, 11) is 0. The van der Waals surface area contributed by atoms with Crippen LogP contribution in [0, 0.1) is 5.92 Å². The van der Waals surface area contributed by atoms with Crippen molar-refractivity contribution in [3.8, 4) is 0 Å². The molecule has 0 N–H and O–H groups in total. The minimum absolute atomic E-state index is 0.254. The molecular formula is C15H19NOS. The van der Waals surface area contributed by atoms with E-state index in [1.165, 1.54) is 36.8 Å². The topological polar surface area (TPSA) is 20.3 Å². The van der Waals surface area contributed by atoms with Gasteiger partial charge in [-0.25, -0.2) is 0 Å². The number of benzene rings is 1. The van der Waals surface area contributed by atoms with Gasteiger partial charge in [-0.1, -0.05) is 6.07 Å². The highest BCUT2D eigenvalue weighted by atomic mass is 32.1. The number of carbonyl (C=O) groups is 1. The van der Waals surface area contributed by atoms with E-state index in [0.29, 0.717) is 12.3 Å². The van der Waals surface area contributed by atoms with Gasteiger partial charge in [-0.05, 0) is 60.6 Å². The Hall–Kier alpha value is -0.960. The molecule has 0 spiro atoms. The lowest BCUT2D eigenvalue weighted by Gasteiger charge is -2.21. The minimum Gasteiger partial charge on any atom is -0.312 e. The summed E-state index contributed by atoms with van der Waals surface area (Å²) in [4.78, 5) is 13.9. The Labute approximate surface area is 114 Å². The lowest BCUT2D eigenvalue weighted by Crippen LogP contribution is -2.25. The number of fused-ring (bicyclic) bond motifs is 1. The molecule has 1 aromatic rings. The largest absolute Gasteiger partial charge is 0.312 e. The Kier molecular flexibility index (Phi) is 3.33. The summed E-state index contributed by atoms with van der Waals surface area (Å²) in [6.45, 7) is 0.834. The third-order valence-corrected chi connectivity index (χ3v) is 4.62. The molecule has 1 heterocycles. The Bertz CT molecular complexity index is 472. The Morgan fingerprint density at radius 2 is 2.00 bits per heavy atom. The average molecular weight is 261 g/mol. The average Bonchev–Trinajstić information content (AvgIpc) is 2.79. The van der Waals surface area contributed by atoms with E-state index in [0.717, 1.165) is 18.0 Å². The van der Waals surface area contributed by atoms with Gasteiger partial charge in [0.15, 0.2) is 0 Å². The molecule has 1 atom stereocenters. The number of anilines is 1. The fourth-order valence-electron chi connectivity index (χ4n) is 3.04. The summed E-state index contributed by atoms with van der Waals surface area (Å²) < 4.78 is 0. The number of amides is 1. The fraction of sp³-hybridized carbons (Fsp3) is 0.533. The molecule has 1 fully saturated rings. The van der Waals surface area contributed by atoms with E-state index in [-0.39, 0.29) is 5.91 Å². The van der Waals surface area contributed by atoms with Gasteiger partial charge in [-0.15, -0.1) is 0 Å². The third kappa shape index (κ3) is 2.16. The van der Waals surface area contributed by atoms with Gasteiger partial charge in [0.2, 0.25) is 5.91 Å². The molecule has 1 amide bonds. The van der Waals surface area contributed by atoms with Crippen LogP contribution in [0.5, 0.6) is 0 Å². The first kappa shape index (κ1) is 12.1. The minimum atomic E-state index is 0.254. The highest BCUT2D eigenvalue weighted by molar-refractivity contribution is 7.80. The summed E-state index contributed by atoms with van der Waals surface area (Å²) in [5.74, 6) is 1.47. The van der Waals surface area contributed by atoms with E-state index in [9.17, 15) is 4.79 Å². The number of hydrogen-bond acceptors (Lipinski definition) is 2.